The molecule has 1 aromatic heterocycles. The van der Waals surface area contributed by atoms with Crippen molar-refractivity contribution in [1.82, 2.24) is 9.88 Å². The highest BCUT2D eigenvalue weighted by Crippen LogP contribution is 2.25. The summed E-state index contributed by atoms with van der Waals surface area (Å²) in [6.07, 6.45) is 4.98. The highest BCUT2D eigenvalue weighted by Gasteiger charge is 2.27. The third-order valence-electron chi connectivity index (χ3n) is 3.09. The molecule has 0 spiro atoms. The van der Waals surface area contributed by atoms with Crippen LogP contribution in [-0.4, -0.2) is 43.6 Å². The molecule has 1 aliphatic rings. The predicted octanol–water partition coefficient (Wildman–Crippen LogP) is 1.01. The number of hydrogen-bond donors (Lipinski definition) is 1. The lowest BCUT2D eigenvalue weighted by molar-refractivity contribution is 0.487. The molecule has 2 N–H and O–H groups in total. The SMILES string of the molecule is CN(C(N)=NCc1ncccc1S(C)(=O)=O)C1CC1.I. The van der Waals surface area contributed by atoms with Crippen molar-refractivity contribution in [2.24, 2.45) is 10.7 Å². The van der Waals surface area contributed by atoms with E-state index in [1.54, 1.807) is 12.3 Å². The molecule has 0 bridgehead atoms. The van der Waals surface area contributed by atoms with Crippen molar-refractivity contribution in [2.75, 3.05) is 13.3 Å². The first-order valence-electron chi connectivity index (χ1n) is 6.06. The molecule has 6 nitrogen and oxygen atoms in total. The van der Waals surface area contributed by atoms with Gasteiger partial charge in [-0.2, -0.15) is 0 Å². The van der Waals surface area contributed by atoms with Gasteiger partial charge in [0.15, 0.2) is 15.8 Å². The smallest absolute Gasteiger partial charge is 0.191 e. The maximum Gasteiger partial charge on any atom is 0.191 e. The summed E-state index contributed by atoms with van der Waals surface area (Å²) in [7, 11) is -1.40. The lowest BCUT2D eigenvalue weighted by Gasteiger charge is -2.16. The van der Waals surface area contributed by atoms with Gasteiger partial charge in [0.05, 0.1) is 17.1 Å². The molecule has 1 fully saturated rings. The van der Waals surface area contributed by atoms with Crippen LogP contribution in [0.15, 0.2) is 28.2 Å². The summed E-state index contributed by atoms with van der Waals surface area (Å²) in [5, 5.41) is 0. The van der Waals surface area contributed by atoms with E-state index in [1.807, 2.05) is 11.9 Å². The van der Waals surface area contributed by atoms with Crippen molar-refractivity contribution in [3.63, 3.8) is 0 Å². The number of rotatable bonds is 4. The van der Waals surface area contributed by atoms with Gasteiger partial charge in [-0.15, -0.1) is 24.0 Å². The van der Waals surface area contributed by atoms with E-state index in [2.05, 4.69) is 9.98 Å². The fraction of sp³-hybridized carbons (Fsp3) is 0.500. The van der Waals surface area contributed by atoms with Crippen LogP contribution in [0.25, 0.3) is 0 Å². The number of hydrogen-bond acceptors (Lipinski definition) is 4. The van der Waals surface area contributed by atoms with Crippen LogP contribution in [-0.2, 0) is 16.4 Å². The van der Waals surface area contributed by atoms with E-state index in [0.717, 1.165) is 19.1 Å². The van der Waals surface area contributed by atoms with Crippen molar-refractivity contribution in [3.8, 4) is 0 Å². The van der Waals surface area contributed by atoms with E-state index in [4.69, 9.17) is 5.73 Å². The Morgan fingerprint density at radius 2 is 2.20 bits per heavy atom. The molecule has 8 heteroatoms. The number of halogens is 1. The highest BCUT2D eigenvalue weighted by atomic mass is 127. The van der Waals surface area contributed by atoms with E-state index in [9.17, 15) is 8.42 Å². The predicted molar refractivity (Wildman–Crippen MR) is 88.9 cm³/mol. The first kappa shape index (κ1) is 17.2. The van der Waals surface area contributed by atoms with Gasteiger partial charge in [0.1, 0.15) is 0 Å². The molecule has 0 atom stereocenters. The molecule has 0 amide bonds. The van der Waals surface area contributed by atoms with Crippen molar-refractivity contribution >= 4 is 39.8 Å². The maximum atomic E-state index is 11.6. The first-order chi connectivity index (χ1) is 8.89. The van der Waals surface area contributed by atoms with Crippen LogP contribution >= 0.6 is 24.0 Å². The molecule has 0 aromatic carbocycles. The molecule has 1 aliphatic carbocycles. The zero-order valence-corrected chi connectivity index (χ0v) is 14.6. The fourth-order valence-corrected chi connectivity index (χ4v) is 2.67. The Morgan fingerprint density at radius 3 is 2.75 bits per heavy atom. The molecule has 0 unspecified atom stereocenters. The van der Waals surface area contributed by atoms with E-state index in [1.165, 1.54) is 6.07 Å². The van der Waals surface area contributed by atoms with Crippen LogP contribution < -0.4 is 5.73 Å². The Labute approximate surface area is 136 Å². The molecule has 0 radical (unpaired) electrons. The number of aliphatic imine (C=N–C) groups is 1. The van der Waals surface area contributed by atoms with Gasteiger partial charge >= 0.3 is 0 Å². The zero-order chi connectivity index (χ0) is 14.0. The van der Waals surface area contributed by atoms with Crippen LogP contribution in [0.3, 0.4) is 0 Å². The molecule has 20 heavy (non-hydrogen) atoms. The van der Waals surface area contributed by atoms with Gasteiger partial charge in [0.2, 0.25) is 0 Å². The third-order valence-corrected chi connectivity index (χ3v) is 4.27. The minimum absolute atomic E-state index is 0. The van der Waals surface area contributed by atoms with Gasteiger partial charge in [-0.25, -0.2) is 13.4 Å². The standard InChI is InChI=1S/C12H18N4O2S.HI/c1-16(9-5-6-9)12(13)15-8-10-11(19(2,17)18)4-3-7-14-10;/h3-4,7,9H,5-6,8H2,1-2H3,(H2,13,15);1H. The second kappa shape index (κ2) is 6.70. The molecule has 2 rings (SSSR count). The average Bonchev–Trinajstić information content (AvgIpc) is 3.18. The minimum Gasteiger partial charge on any atom is -0.370 e. The quantitative estimate of drug-likeness (QED) is 0.455. The number of pyridine rings is 1. The summed E-state index contributed by atoms with van der Waals surface area (Å²) in [6, 6.07) is 3.61. The van der Waals surface area contributed by atoms with Crippen molar-refractivity contribution < 1.29 is 8.42 Å². The van der Waals surface area contributed by atoms with E-state index >= 15 is 0 Å². The maximum absolute atomic E-state index is 11.6. The van der Waals surface area contributed by atoms with Crippen LogP contribution in [0.1, 0.15) is 18.5 Å². The highest BCUT2D eigenvalue weighted by molar-refractivity contribution is 14.0. The fourth-order valence-electron chi connectivity index (χ4n) is 1.80. The second-order valence-corrected chi connectivity index (χ2v) is 6.72. The van der Waals surface area contributed by atoms with Gasteiger partial charge in [0.25, 0.3) is 0 Å². The van der Waals surface area contributed by atoms with Crippen LogP contribution in [0.4, 0.5) is 0 Å². The molecule has 112 valence electrons. The van der Waals surface area contributed by atoms with Crippen LogP contribution in [0, 0.1) is 0 Å². The first-order valence-corrected chi connectivity index (χ1v) is 7.95. The number of nitrogens with two attached hydrogens (primary N) is 1. The third kappa shape index (κ3) is 4.30. The second-order valence-electron chi connectivity index (χ2n) is 4.74. The lowest BCUT2D eigenvalue weighted by atomic mass is 10.3. The molecular weight excluding hydrogens is 391 g/mol. The Balaban J connectivity index is 0.00000200. The summed E-state index contributed by atoms with van der Waals surface area (Å²) in [5.41, 5.74) is 6.29. The summed E-state index contributed by atoms with van der Waals surface area (Å²) in [5.74, 6) is 0.424. The van der Waals surface area contributed by atoms with E-state index in [-0.39, 0.29) is 35.4 Å². The van der Waals surface area contributed by atoms with Gasteiger partial charge in [0, 0.05) is 25.5 Å². The van der Waals surface area contributed by atoms with Gasteiger partial charge < -0.3 is 10.6 Å². The van der Waals surface area contributed by atoms with Crippen LogP contribution in [0.5, 0.6) is 0 Å². The van der Waals surface area contributed by atoms with Gasteiger partial charge in [-0.1, -0.05) is 0 Å². The Hall–Kier alpha value is -0.900. The number of guanidine groups is 1. The molecule has 1 aromatic rings. The molecule has 1 heterocycles. The number of sulfone groups is 1. The van der Waals surface area contributed by atoms with Crippen molar-refractivity contribution in [1.29, 1.82) is 0 Å². The largest absolute Gasteiger partial charge is 0.370 e. The molecule has 0 saturated heterocycles. The number of nitrogens with zero attached hydrogens (tertiary/aromatic N) is 3. The summed E-state index contributed by atoms with van der Waals surface area (Å²) in [4.78, 5) is 10.4. The summed E-state index contributed by atoms with van der Waals surface area (Å²) >= 11 is 0. The Bertz CT molecular complexity index is 599. The van der Waals surface area contributed by atoms with E-state index < -0.39 is 9.84 Å². The van der Waals surface area contributed by atoms with E-state index in [0.29, 0.717) is 17.7 Å². The average molecular weight is 410 g/mol. The van der Waals surface area contributed by atoms with Crippen molar-refractivity contribution in [2.45, 2.75) is 30.3 Å². The molecule has 0 aliphatic heterocycles. The van der Waals surface area contributed by atoms with Gasteiger partial charge in [-0.05, 0) is 25.0 Å². The minimum atomic E-state index is -3.29. The van der Waals surface area contributed by atoms with Crippen molar-refractivity contribution in [3.05, 3.63) is 24.0 Å². The topological polar surface area (TPSA) is 88.7 Å². The number of aromatic nitrogens is 1. The molecule has 1 saturated carbocycles. The monoisotopic (exact) mass is 410 g/mol. The summed E-state index contributed by atoms with van der Waals surface area (Å²) < 4.78 is 23.2. The van der Waals surface area contributed by atoms with Crippen LogP contribution in [0.2, 0.25) is 0 Å². The Kier molecular flexibility index (Phi) is 5.75. The lowest BCUT2D eigenvalue weighted by Crippen LogP contribution is -2.35. The van der Waals surface area contributed by atoms with Gasteiger partial charge in [-0.3, -0.25) is 4.98 Å². The zero-order valence-electron chi connectivity index (χ0n) is 11.5. The Morgan fingerprint density at radius 1 is 1.55 bits per heavy atom. The normalized spacial score (nSPS) is 15.6. The summed E-state index contributed by atoms with van der Waals surface area (Å²) in [6.45, 7) is 0.173. The molecular formula is C12H19IN4O2S.